The van der Waals surface area contributed by atoms with Gasteiger partial charge in [-0.25, -0.2) is 18.7 Å². The minimum Gasteiger partial charge on any atom is -0.366 e. The van der Waals surface area contributed by atoms with Crippen molar-refractivity contribution in [1.82, 2.24) is 15.0 Å². The smallest absolute Gasteiger partial charge is 0.181 e. The molecule has 0 bridgehead atoms. The Kier molecular flexibility index (Phi) is 3.82. The molecule has 4 aromatic rings. The normalized spacial score (nSPS) is 18.6. The lowest BCUT2D eigenvalue weighted by Crippen LogP contribution is -2.07. The molecule has 0 spiro atoms. The molecule has 4 nitrogen and oxygen atoms in total. The molecule has 0 saturated heterocycles. The number of thiophene rings is 1. The van der Waals surface area contributed by atoms with Crippen LogP contribution in [0.4, 0.5) is 14.6 Å². The number of benzene rings is 1. The molecule has 1 aliphatic carbocycles. The van der Waals surface area contributed by atoms with E-state index in [0.717, 1.165) is 28.0 Å². The number of halogens is 2. The van der Waals surface area contributed by atoms with Crippen molar-refractivity contribution in [2.45, 2.75) is 18.4 Å². The van der Waals surface area contributed by atoms with Gasteiger partial charge in [0.05, 0.1) is 5.39 Å². The van der Waals surface area contributed by atoms with Gasteiger partial charge >= 0.3 is 0 Å². The lowest BCUT2D eigenvalue weighted by molar-refractivity contribution is 0.507. The Balaban J connectivity index is 1.45. The van der Waals surface area contributed by atoms with E-state index >= 15 is 0 Å². The minimum absolute atomic E-state index is 0.129. The summed E-state index contributed by atoms with van der Waals surface area (Å²) in [5.74, 6) is -0.172. The monoisotopic (exact) mass is 380 g/mol. The van der Waals surface area contributed by atoms with Gasteiger partial charge in [0.2, 0.25) is 0 Å². The number of anilines is 1. The van der Waals surface area contributed by atoms with Crippen LogP contribution in [0.15, 0.2) is 54.0 Å². The van der Waals surface area contributed by atoms with E-state index in [1.165, 1.54) is 12.1 Å². The summed E-state index contributed by atoms with van der Waals surface area (Å²) < 4.78 is 26.7. The first-order chi connectivity index (χ1) is 13.2. The fraction of sp³-hybridized carbons (Fsp3) is 0.150. The Morgan fingerprint density at radius 1 is 1.04 bits per heavy atom. The van der Waals surface area contributed by atoms with E-state index in [1.807, 2.05) is 29.6 Å². The van der Waals surface area contributed by atoms with Crippen LogP contribution in [0.2, 0.25) is 0 Å². The van der Waals surface area contributed by atoms with Gasteiger partial charge < -0.3 is 5.32 Å². The third-order valence-electron chi connectivity index (χ3n) is 4.70. The van der Waals surface area contributed by atoms with E-state index in [2.05, 4.69) is 20.3 Å². The fourth-order valence-electron chi connectivity index (χ4n) is 3.22. The summed E-state index contributed by atoms with van der Waals surface area (Å²) in [7, 11) is 0. The topological polar surface area (TPSA) is 50.7 Å². The molecule has 2 atom stereocenters. The highest BCUT2D eigenvalue weighted by Gasteiger charge is 2.39. The maximum atomic E-state index is 13.5. The number of hydrogen-bond donors (Lipinski definition) is 1. The Bertz CT molecular complexity index is 1130. The largest absolute Gasteiger partial charge is 0.366 e. The molecule has 1 N–H and O–H groups in total. The van der Waals surface area contributed by atoms with Crippen molar-refractivity contribution in [2.24, 2.45) is 0 Å². The van der Waals surface area contributed by atoms with Gasteiger partial charge in [-0.1, -0.05) is 12.1 Å². The van der Waals surface area contributed by atoms with Crippen molar-refractivity contribution in [3.63, 3.8) is 0 Å². The molecule has 134 valence electrons. The molecule has 3 aromatic heterocycles. The second-order valence-corrected chi connectivity index (χ2v) is 7.41. The average Bonchev–Trinajstić information content (AvgIpc) is 3.28. The Labute approximate surface area is 157 Å². The van der Waals surface area contributed by atoms with Crippen LogP contribution < -0.4 is 5.32 Å². The van der Waals surface area contributed by atoms with Crippen molar-refractivity contribution in [3.8, 4) is 11.5 Å². The van der Waals surface area contributed by atoms with E-state index in [-0.39, 0.29) is 12.0 Å². The second-order valence-electron chi connectivity index (χ2n) is 6.52. The molecule has 7 heteroatoms. The van der Waals surface area contributed by atoms with Crippen molar-refractivity contribution in [3.05, 3.63) is 71.2 Å². The average molecular weight is 380 g/mol. The van der Waals surface area contributed by atoms with Crippen LogP contribution in [0.3, 0.4) is 0 Å². The summed E-state index contributed by atoms with van der Waals surface area (Å²) in [6.45, 7) is 0. The second kappa shape index (κ2) is 6.35. The zero-order valence-corrected chi connectivity index (χ0v) is 14.9. The van der Waals surface area contributed by atoms with Gasteiger partial charge in [0, 0.05) is 18.2 Å². The first-order valence-corrected chi connectivity index (χ1v) is 9.45. The summed E-state index contributed by atoms with van der Waals surface area (Å²) in [5, 5.41) is 6.38. The fourth-order valence-corrected chi connectivity index (χ4v) is 3.98. The maximum Gasteiger partial charge on any atom is 0.181 e. The van der Waals surface area contributed by atoms with Crippen molar-refractivity contribution in [1.29, 1.82) is 0 Å². The third-order valence-corrected chi connectivity index (χ3v) is 5.51. The molecule has 1 saturated carbocycles. The molecule has 0 amide bonds. The molecule has 1 fully saturated rings. The van der Waals surface area contributed by atoms with Crippen LogP contribution in [0, 0.1) is 11.6 Å². The van der Waals surface area contributed by atoms with Crippen molar-refractivity contribution in [2.75, 3.05) is 5.32 Å². The van der Waals surface area contributed by atoms with Crippen LogP contribution >= 0.6 is 11.3 Å². The third kappa shape index (κ3) is 3.04. The number of hydrogen-bond acceptors (Lipinski definition) is 5. The number of nitrogens with zero attached hydrogens (tertiary/aromatic N) is 3. The molecule has 1 aliphatic rings. The van der Waals surface area contributed by atoms with Gasteiger partial charge in [0.15, 0.2) is 17.5 Å². The van der Waals surface area contributed by atoms with Gasteiger partial charge in [-0.05, 0) is 47.7 Å². The predicted molar refractivity (Wildman–Crippen MR) is 102 cm³/mol. The number of pyridine rings is 1. The molecule has 0 unspecified atom stereocenters. The lowest BCUT2D eigenvalue weighted by atomic mass is 10.1. The molecule has 27 heavy (non-hydrogen) atoms. The molecule has 5 rings (SSSR count). The Hall–Kier alpha value is -2.93. The van der Waals surface area contributed by atoms with E-state index in [0.29, 0.717) is 11.5 Å². The summed E-state index contributed by atoms with van der Waals surface area (Å²) in [6, 6.07) is 11.8. The van der Waals surface area contributed by atoms with E-state index in [4.69, 9.17) is 0 Å². The maximum absolute atomic E-state index is 13.5. The zero-order chi connectivity index (χ0) is 18.4. The molecular weight excluding hydrogens is 366 g/mol. The number of rotatable bonds is 4. The van der Waals surface area contributed by atoms with Crippen LogP contribution in [-0.2, 0) is 0 Å². The standard InChI is InChI=1S/C20H14F2N4S/c21-14-5-4-11(9-15(14)22)13-10-17(13)24-18-12-6-8-27-20(12)26-19(25-18)16-3-1-2-7-23-16/h1-9,13,17H,10H2,(H,24,25,26)/t13-,17+/m0/s1. The molecule has 1 aromatic carbocycles. The van der Waals surface area contributed by atoms with Gasteiger partial charge in [0.25, 0.3) is 0 Å². The molecule has 3 heterocycles. The molecular formula is C20H14F2N4S. The number of fused-ring (bicyclic) bond motifs is 1. The first kappa shape index (κ1) is 16.3. The highest BCUT2D eigenvalue weighted by molar-refractivity contribution is 7.16. The highest BCUT2D eigenvalue weighted by Crippen LogP contribution is 2.44. The summed E-state index contributed by atoms with van der Waals surface area (Å²) >= 11 is 1.55. The van der Waals surface area contributed by atoms with E-state index < -0.39 is 11.6 Å². The Morgan fingerprint density at radius 3 is 2.78 bits per heavy atom. The van der Waals surface area contributed by atoms with Crippen molar-refractivity contribution >= 4 is 27.4 Å². The van der Waals surface area contributed by atoms with Gasteiger partial charge in [-0.2, -0.15) is 0 Å². The number of aromatic nitrogens is 3. The van der Waals surface area contributed by atoms with Crippen LogP contribution in [0.25, 0.3) is 21.7 Å². The van der Waals surface area contributed by atoms with Gasteiger partial charge in [0.1, 0.15) is 16.3 Å². The SMILES string of the molecule is Fc1ccc([C@@H]2C[C@H]2Nc2nc(-c3ccccn3)nc3sccc23)cc1F. The van der Waals surface area contributed by atoms with Crippen molar-refractivity contribution < 1.29 is 8.78 Å². The summed E-state index contributed by atoms with van der Waals surface area (Å²) in [5.41, 5.74) is 1.51. The minimum atomic E-state index is -0.820. The Morgan fingerprint density at radius 2 is 1.96 bits per heavy atom. The highest BCUT2D eigenvalue weighted by atomic mass is 32.1. The van der Waals surface area contributed by atoms with E-state index in [1.54, 1.807) is 23.6 Å². The zero-order valence-electron chi connectivity index (χ0n) is 14.1. The van der Waals surface area contributed by atoms with E-state index in [9.17, 15) is 8.78 Å². The van der Waals surface area contributed by atoms with Crippen LogP contribution in [-0.4, -0.2) is 21.0 Å². The number of nitrogens with one attached hydrogen (secondary N) is 1. The summed E-state index contributed by atoms with van der Waals surface area (Å²) in [4.78, 5) is 14.5. The quantitative estimate of drug-likeness (QED) is 0.541. The first-order valence-electron chi connectivity index (χ1n) is 8.57. The summed E-state index contributed by atoms with van der Waals surface area (Å²) in [6.07, 6.45) is 2.56. The van der Waals surface area contributed by atoms with Crippen LogP contribution in [0.1, 0.15) is 17.9 Å². The molecule has 0 radical (unpaired) electrons. The predicted octanol–water partition coefficient (Wildman–Crippen LogP) is 5.00. The molecule has 0 aliphatic heterocycles. The van der Waals surface area contributed by atoms with Gasteiger partial charge in [-0.3, -0.25) is 4.98 Å². The lowest BCUT2D eigenvalue weighted by Gasteiger charge is -2.09. The van der Waals surface area contributed by atoms with Crippen LogP contribution in [0.5, 0.6) is 0 Å². The van der Waals surface area contributed by atoms with Gasteiger partial charge in [-0.15, -0.1) is 11.3 Å².